The lowest BCUT2D eigenvalue weighted by molar-refractivity contribution is -0.257. The summed E-state index contributed by atoms with van der Waals surface area (Å²) in [5, 5.41) is 12.1. The maximum Gasteiger partial charge on any atom is 0.430 e. The molecule has 8 heteroatoms. The summed E-state index contributed by atoms with van der Waals surface area (Å²) in [5.74, 6) is -2.45. The van der Waals surface area contributed by atoms with Crippen molar-refractivity contribution in [2.24, 2.45) is 0 Å². The Labute approximate surface area is 139 Å². The van der Waals surface area contributed by atoms with Crippen LogP contribution in [0.1, 0.15) is 11.1 Å². The topological polar surface area (TPSA) is 49.3 Å². The molecule has 0 aliphatic heterocycles. The van der Waals surface area contributed by atoms with Crippen LogP contribution in [0.2, 0.25) is 5.02 Å². The molecule has 0 aliphatic rings. The molecule has 2 aromatic rings. The van der Waals surface area contributed by atoms with Gasteiger partial charge in [-0.3, -0.25) is 4.79 Å². The Morgan fingerprint density at radius 3 is 2.33 bits per heavy atom. The molecule has 1 unspecified atom stereocenters. The van der Waals surface area contributed by atoms with Crippen molar-refractivity contribution < 1.29 is 27.5 Å². The van der Waals surface area contributed by atoms with E-state index in [1.165, 1.54) is 30.3 Å². The van der Waals surface area contributed by atoms with E-state index in [1.807, 2.05) is 5.32 Å². The van der Waals surface area contributed by atoms with E-state index in [2.05, 4.69) is 0 Å². The molecule has 0 aromatic heterocycles. The Morgan fingerprint density at radius 1 is 1.12 bits per heavy atom. The zero-order valence-corrected chi connectivity index (χ0v) is 12.8. The summed E-state index contributed by atoms with van der Waals surface area (Å²) in [7, 11) is 0. The number of hydrogen-bond donors (Lipinski definition) is 2. The van der Waals surface area contributed by atoms with Crippen molar-refractivity contribution in [3.05, 3.63) is 70.5 Å². The Balaban J connectivity index is 2.28. The monoisotopic (exact) mass is 361 g/mol. The fraction of sp³-hybridized carbons (Fsp3) is 0.188. The number of carbonyl (C=O) groups excluding carboxylic acids is 1. The van der Waals surface area contributed by atoms with Crippen molar-refractivity contribution in [1.82, 2.24) is 5.32 Å². The number of carbonyl (C=O) groups is 1. The zero-order chi connectivity index (χ0) is 18.0. The highest BCUT2D eigenvalue weighted by molar-refractivity contribution is 6.30. The Hall–Kier alpha value is -2.12. The third kappa shape index (κ3) is 3.52. The molecule has 0 spiro atoms. The lowest BCUT2D eigenvalue weighted by Gasteiger charge is -2.29. The summed E-state index contributed by atoms with van der Waals surface area (Å²) >= 11 is 5.68. The van der Waals surface area contributed by atoms with Gasteiger partial charge in [-0.1, -0.05) is 41.9 Å². The van der Waals surface area contributed by atoms with Gasteiger partial charge in [-0.15, -0.1) is 0 Å². The molecule has 2 aromatic carbocycles. The van der Waals surface area contributed by atoms with Crippen LogP contribution >= 0.6 is 11.6 Å². The fourth-order valence-electron chi connectivity index (χ4n) is 2.09. The Bertz CT molecular complexity index is 737. The van der Waals surface area contributed by atoms with Crippen molar-refractivity contribution >= 4 is 17.5 Å². The summed E-state index contributed by atoms with van der Waals surface area (Å²) in [5.41, 5.74) is -4.49. The van der Waals surface area contributed by atoms with Gasteiger partial charge in [-0.05, 0) is 18.2 Å². The summed E-state index contributed by atoms with van der Waals surface area (Å²) < 4.78 is 53.5. The first-order chi connectivity index (χ1) is 11.2. The van der Waals surface area contributed by atoms with E-state index in [4.69, 9.17) is 11.6 Å². The van der Waals surface area contributed by atoms with E-state index < -0.39 is 35.6 Å². The lowest BCUT2D eigenvalue weighted by atomic mass is 9.92. The second-order valence-corrected chi connectivity index (χ2v) is 5.43. The second kappa shape index (κ2) is 6.78. The van der Waals surface area contributed by atoms with Gasteiger partial charge in [0.1, 0.15) is 5.82 Å². The van der Waals surface area contributed by atoms with Crippen LogP contribution < -0.4 is 5.32 Å². The second-order valence-electron chi connectivity index (χ2n) is 4.99. The average Bonchev–Trinajstić information content (AvgIpc) is 2.54. The molecule has 1 atom stereocenters. The van der Waals surface area contributed by atoms with Gasteiger partial charge < -0.3 is 10.4 Å². The van der Waals surface area contributed by atoms with Crippen LogP contribution in [0.15, 0.2) is 48.5 Å². The number of aliphatic hydroxyl groups is 1. The van der Waals surface area contributed by atoms with Crippen LogP contribution in [0.5, 0.6) is 0 Å². The predicted octanol–water partition coefficient (Wildman–Crippen LogP) is 3.55. The van der Waals surface area contributed by atoms with Gasteiger partial charge in [0.25, 0.3) is 11.5 Å². The number of alkyl halides is 3. The standard InChI is InChI=1S/C16H12ClF4NO2/c17-12-6-7-13(18)10(8-12)9-22-14(23)15(24,16(19,20)21)11-4-2-1-3-5-11/h1-8,24H,9H2,(H,22,23). The maximum atomic E-state index is 13.6. The third-order valence-corrected chi connectivity index (χ3v) is 3.61. The molecule has 0 saturated heterocycles. The minimum absolute atomic E-state index is 0.103. The summed E-state index contributed by atoms with van der Waals surface area (Å²) in [6, 6.07) is 9.38. The van der Waals surface area contributed by atoms with Crippen LogP contribution in [-0.4, -0.2) is 17.2 Å². The number of hydrogen-bond acceptors (Lipinski definition) is 2. The molecule has 2 rings (SSSR count). The van der Waals surface area contributed by atoms with Crippen LogP contribution in [-0.2, 0) is 16.9 Å². The van der Waals surface area contributed by atoms with Crippen LogP contribution in [0.25, 0.3) is 0 Å². The number of rotatable bonds is 4. The minimum atomic E-state index is -5.26. The molecule has 3 nitrogen and oxygen atoms in total. The first-order valence-corrected chi connectivity index (χ1v) is 7.11. The van der Waals surface area contributed by atoms with Crippen molar-refractivity contribution in [3.63, 3.8) is 0 Å². The predicted molar refractivity (Wildman–Crippen MR) is 79.7 cm³/mol. The fourth-order valence-corrected chi connectivity index (χ4v) is 2.28. The maximum absolute atomic E-state index is 13.6. The third-order valence-electron chi connectivity index (χ3n) is 3.38. The van der Waals surface area contributed by atoms with E-state index in [1.54, 1.807) is 0 Å². The van der Waals surface area contributed by atoms with Crippen molar-refractivity contribution in [2.45, 2.75) is 18.3 Å². The molecule has 0 saturated carbocycles. The molecule has 1 amide bonds. The molecule has 0 heterocycles. The average molecular weight is 362 g/mol. The van der Waals surface area contributed by atoms with Crippen LogP contribution in [0.4, 0.5) is 17.6 Å². The molecule has 128 valence electrons. The number of benzene rings is 2. The van der Waals surface area contributed by atoms with Crippen LogP contribution in [0, 0.1) is 5.82 Å². The van der Waals surface area contributed by atoms with E-state index in [0.29, 0.717) is 0 Å². The largest absolute Gasteiger partial charge is 0.430 e. The van der Waals surface area contributed by atoms with Crippen molar-refractivity contribution in [3.8, 4) is 0 Å². The molecule has 24 heavy (non-hydrogen) atoms. The highest BCUT2D eigenvalue weighted by Crippen LogP contribution is 2.39. The Kier molecular flexibility index (Phi) is 5.15. The molecule has 0 radical (unpaired) electrons. The first kappa shape index (κ1) is 18.2. The molecule has 0 aliphatic carbocycles. The van der Waals surface area contributed by atoms with Gasteiger partial charge in [-0.2, -0.15) is 13.2 Å². The molecule has 2 N–H and O–H groups in total. The normalized spacial score (nSPS) is 14.1. The van der Waals surface area contributed by atoms with Crippen LogP contribution in [0.3, 0.4) is 0 Å². The lowest BCUT2D eigenvalue weighted by Crippen LogP contribution is -2.54. The first-order valence-electron chi connectivity index (χ1n) is 6.73. The SMILES string of the molecule is O=C(NCc1cc(Cl)ccc1F)C(O)(c1ccccc1)C(F)(F)F. The highest BCUT2D eigenvalue weighted by atomic mass is 35.5. The molecule has 0 bridgehead atoms. The van der Waals surface area contributed by atoms with Gasteiger partial charge in [0.2, 0.25) is 0 Å². The quantitative estimate of drug-likeness (QED) is 0.818. The van der Waals surface area contributed by atoms with Gasteiger partial charge in [0.15, 0.2) is 0 Å². The van der Waals surface area contributed by atoms with E-state index >= 15 is 0 Å². The summed E-state index contributed by atoms with van der Waals surface area (Å²) in [4.78, 5) is 12.0. The smallest absolute Gasteiger partial charge is 0.369 e. The zero-order valence-electron chi connectivity index (χ0n) is 12.1. The molecule has 0 fully saturated rings. The minimum Gasteiger partial charge on any atom is -0.369 e. The highest BCUT2D eigenvalue weighted by Gasteiger charge is 2.60. The molecular weight excluding hydrogens is 350 g/mol. The van der Waals surface area contributed by atoms with Crippen molar-refractivity contribution in [1.29, 1.82) is 0 Å². The van der Waals surface area contributed by atoms with Gasteiger partial charge in [0, 0.05) is 22.7 Å². The van der Waals surface area contributed by atoms with Crippen molar-refractivity contribution in [2.75, 3.05) is 0 Å². The number of halogens is 5. The summed E-state index contributed by atoms with van der Waals surface area (Å²) in [6.45, 7) is -0.559. The van der Waals surface area contributed by atoms with Gasteiger partial charge in [-0.25, -0.2) is 4.39 Å². The van der Waals surface area contributed by atoms with E-state index in [-0.39, 0.29) is 10.6 Å². The van der Waals surface area contributed by atoms with Gasteiger partial charge in [0.05, 0.1) is 0 Å². The van der Waals surface area contributed by atoms with E-state index in [9.17, 15) is 27.5 Å². The Morgan fingerprint density at radius 2 is 1.75 bits per heavy atom. The number of nitrogens with one attached hydrogen (secondary N) is 1. The van der Waals surface area contributed by atoms with Gasteiger partial charge >= 0.3 is 6.18 Å². The van der Waals surface area contributed by atoms with E-state index in [0.717, 1.165) is 18.2 Å². The molecular formula is C16H12ClF4NO2. The number of amides is 1. The summed E-state index contributed by atoms with van der Waals surface area (Å²) in [6.07, 6.45) is -5.26.